The Balaban J connectivity index is 0.000000815. The molecule has 4 aliphatic carbocycles. The van der Waals surface area contributed by atoms with Crippen molar-refractivity contribution >= 4 is 5.78 Å². The first-order valence-corrected chi connectivity index (χ1v) is 10.8. The van der Waals surface area contributed by atoms with Crippen molar-refractivity contribution in [1.29, 1.82) is 0 Å². The lowest BCUT2D eigenvalue weighted by atomic mass is 9.50. The quantitative estimate of drug-likeness (QED) is 0.541. The predicted octanol–water partition coefficient (Wildman–Crippen LogP) is 6.43. The van der Waals surface area contributed by atoms with Crippen LogP contribution in [0.3, 0.4) is 0 Å². The number of allylic oxidation sites excluding steroid dienone is 1. The van der Waals surface area contributed by atoms with Crippen molar-refractivity contribution in [3.8, 4) is 0 Å². The molecule has 7 atom stereocenters. The molecule has 0 N–H and O–H groups in total. The summed E-state index contributed by atoms with van der Waals surface area (Å²) in [7, 11) is 0. The highest BCUT2D eigenvalue weighted by Gasteiger charge is 2.58. The number of fused-ring (bicyclic) bond motifs is 5. The molecule has 3 fully saturated rings. The first-order valence-electron chi connectivity index (χ1n) is 10.8. The van der Waals surface area contributed by atoms with E-state index in [1.54, 1.807) is 0 Å². The Hall–Kier alpha value is -0.590. The van der Waals surface area contributed by atoms with Gasteiger partial charge in [-0.25, -0.2) is 0 Å². The molecule has 136 valence electrons. The summed E-state index contributed by atoms with van der Waals surface area (Å²) >= 11 is 0. The minimum atomic E-state index is 0.395. The molecule has 0 saturated heterocycles. The van der Waals surface area contributed by atoms with Crippen molar-refractivity contribution in [1.82, 2.24) is 0 Å². The summed E-state index contributed by atoms with van der Waals surface area (Å²) < 4.78 is 0. The summed E-state index contributed by atoms with van der Waals surface area (Å²) in [6.07, 6.45) is 12.3. The molecule has 0 aromatic heterocycles. The third-order valence-corrected chi connectivity index (χ3v) is 8.60. The van der Waals surface area contributed by atoms with Gasteiger partial charge in [-0.1, -0.05) is 40.2 Å². The molecular weight excluding hydrogens is 292 g/mol. The summed E-state index contributed by atoms with van der Waals surface area (Å²) in [5.41, 5.74) is 2.17. The fourth-order valence-corrected chi connectivity index (χ4v) is 7.33. The van der Waals surface area contributed by atoms with Gasteiger partial charge in [-0.05, 0) is 91.9 Å². The topological polar surface area (TPSA) is 17.1 Å². The number of carbonyl (C=O) groups excluding carboxylic acids is 1. The van der Waals surface area contributed by atoms with Gasteiger partial charge in [-0.15, -0.1) is 0 Å². The molecule has 0 aliphatic heterocycles. The van der Waals surface area contributed by atoms with E-state index in [4.69, 9.17) is 0 Å². The van der Waals surface area contributed by atoms with Gasteiger partial charge in [0.2, 0.25) is 0 Å². The molecule has 0 aromatic rings. The van der Waals surface area contributed by atoms with Gasteiger partial charge in [-0.3, -0.25) is 4.79 Å². The Labute approximate surface area is 149 Å². The number of carbonyl (C=O) groups is 1. The van der Waals surface area contributed by atoms with Gasteiger partial charge in [0.25, 0.3) is 0 Å². The number of hydrogen-bond donors (Lipinski definition) is 0. The molecule has 0 heterocycles. The molecule has 0 spiro atoms. The van der Waals surface area contributed by atoms with Crippen LogP contribution in [-0.4, -0.2) is 5.78 Å². The fraction of sp³-hybridized carbons (Fsp3) is 0.870. The predicted molar refractivity (Wildman–Crippen MR) is 102 cm³/mol. The highest BCUT2D eigenvalue weighted by molar-refractivity contribution is 5.91. The molecule has 4 rings (SSSR count). The Kier molecular flexibility index (Phi) is 5.28. The molecule has 3 saturated carbocycles. The van der Waals surface area contributed by atoms with Crippen LogP contribution in [0.15, 0.2) is 11.6 Å². The molecular formula is C23H38O. The molecule has 0 radical (unpaired) electrons. The van der Waals surface area contributed by atoms with Gasteiger partial charge >= 0.3 is 0 Å². The Morgan fingerprint density at radius 1 is 1.08 bits per heavy atom. The van der Waals surface area contributed by atoms with E-state index in [2.05, 4.69) is 20.8 Å². The molecule has 0 amide bonds. The minimum absolute atomic E-state index is 0.395. The van der Waals surface area contributed by atoms with E-state index in [-0.39, 0.29) is 0 Å². The SMILES string of the molecule is CC.CCC12CCC3C4CCC(=O)C=C4CCC3C1CC(C)C2C. The van der Waals surface area contributed by atoms with Gasteiger partial charge in [0.1, 0.15) is 0 Å². The van der Waals surface area contributed by atoms with Crippen molar-refractivity contribution in [3.05, 3.63) is 11.6 Å². The van der Waals surface area contributed by atoms with Crippen molar-refractivity contribution in [2.24, 2.45) is 40.9 Å². The van der Waals surface area contributed by atoms with Crippen LogP contribution in [0, 0.1) is 40.9 Å². The highest BCUT2D eigenvalue weighted by Crippen LogP contribution is 2.66. The van der Waals surface area contributed by atoms with E-state index in [9.17, 15) is 4.79 Å². The van der Waals surface area contributed by atoms with Crippen molar-refractivity contribution in [3.63, 3.8) is 0 Å². The van der Waals surface area contributed by atoms with E-state index in [1.807, 2.05) is 19.9 Å². The fourth-order valence-electron chi connectivity index (χ4n) is 7.33. The van der Waals surface area contributed by atoms with Crippen LogP contribution in [0.5, 0.6) is 0 Å². The molecule has 24 heavy (non-hydrogen) atoms. The van der Waals surface area contributed by atoms with Crippen LogP contribution in [0.1, 0.15) is 86.0 Å². The first kappa shape index (κ1) is 18.2. The average Bonchev–Trinajstić information content (AvgIpc) is 2.88. The van der Waals surface area contributed by atoms with E-state index >= 15 is 0 Å². The van der Waals surface area contributed by atoms with Crippen LogP contribution in [0.2, 0.25) is 0 Å². The van der Waals surface area contributed by atoms with Crippen molar-refractivity contribution < 1.29 is 4.79 Å². The van der Waals surface area contributed by atoms with Gasteiger partial charge in [0.15, 0.2) is 5.78 Å². The van der Waals surface area contributed by atoms with E-state index in [0.717, 1.165) is 48.3 Å². The summed E-state index contributed by atoms with van der Waals surface area (Å²) in [5.74, 6) is 5.80. The second-order valence-corrected chi connectivity index (χ2v) is 8.93. The van der Waals surface area contributed by atoms with Crippen molar-refractivity contribution in [2.75, 3.05) is 0 Å². The third-order valence-electron chi connectivity index (χ3n) is 8.60. The molecule has 0 bridgehead atoms. The lowest BCUT2D eigenvalue weighted by Crippen LogP contribution is -2.47. The Morgan fingerprint density at radius 2 is 1.83 bits per heavy atom. The average molecular weight is 331 g/mol. The maximum atomic E-state index is 11.8. The summed E-state index contributed by atoms with van der Waals surface area (Å²) in [4.78, 5) is 11.8. The molecule has 4 aliphatic rings. The van der Waals surface area contributed by atoms with Crippen LogP contribution in [-0.2, 0) is 4.79 Å². The normalized spacial score (nSPS) is 46.9. The maximum Gasteiger partial charge on any atom is 0.155 e. The number of hydrogen-bond acceptors (Lipinski definition) is 1. The van der Waals surface area contributed by atoms with Crippen LogP contribution >= 0.6 is 0 Å². The Bertz CT molecular complexity index is 504. The smallest absolute Gasteiger partial charge is 0.155 e. The van der Waals surface area contributed by atoms with Gasteiger partial charge in [-0.2, -0.15) is 0 Å². The molecule has 1 heteroatoms. The summed E-state index contributed by atoms with van der Waals surface area (Å²) in [6, 6.07) is 0. The second kappa shape index (κ2) is 6.96. The van der Waals surface area contributed by atoms with Crippen LogP contribution in [0.4, 0.5) is 0 Å². The zero-order valence-electron chi connectivity index (χ0n) is 16.6. The summed E-state index contributed by atoms with van der Waals surface area (Å²) in [6.45, 7) is 11.5. The van der Waals surface area contributed by atoms with Gasteiger partial charge < -0.3 is 0 Å². The monoisotopic (exact) mass is 330 g/mol. The zero-order valence-corrected chi connectivity index (χ0v) is 16.6. The molecule has 1 nitrogen and oxygen atoms in total. The largest absolute Gasteiger partial charge is 0.295 e. The van der Waals surface area contributed by atoms with Crippen LogP contribution in [0.25, 0.3) is 0 Å². The van der Waals surface area contributed by atoms with E-state index in [1.165, 1.54) is 44.1 Å². The number of rotatable bonds is 1. The first-order chi connectivity index (χ1) is 11.6. The lowest BCUT2D eigenvalue weighted by Gasteiger charge is -2.55. The number of ketones is 1. The maximum absolute atomic E-state index is 11.8. The Morgan fingerprint density at radius 3 is 2.54 bits per heavy atom. The molecule has 0 aromatic carbocycles. The highest BCUT2D eigenvalue weighted by atomic mass is 16.1. The van der Waals surface area contributed by atoms with Gasteiger partial charge in [0, 0.05) is 6.42 Å². The zero-order chi connectivity index (χ0) is 17.5. The van der Waals surface area contributed by atoms with Crippen LogP contribution < -0.4 is 0 Å². The summed E-state index contributed by atoms with van der Waals surface area (Å²) in [5, 5.41) is 0. The lowest BCUT2D eigenvalue weighted by molar-refractivity contribution is -0.116. The second-order valence-electron chi connectivity index (χ2n) is 8.93. The third kappa shape index (κ3) is 2.61. The minimum Gasteiger partial charge on any atom is -0.295 e. The van der Waals surface area contributed by atoms with Gasteiger partial charge in [0.05, 0.1) is 0 Å². The standard InChI is InChI=1S/C21H32O.C2H6/c1-4-21-10-9-18-17-8-6-16(22)12-15(17)5-7-19(18)20(21)11-13(2)14(21)3;1-2/h12-14,17-20H,4-11H2,1-3H3;1-2H3. The molecule has 7 unspecified atom stereocenters. The van der Waals surface area contributed by atoms with Crippen molar-refractivity contribution in [2.45, 2.75) is 86.0 Å². The van der Waals surface area contributed by atoms with E-state index in [0.29, 0.717) is 11.2 Å². The van der Waals surface area contributed by atoms with E-state index < -0.39 is 0 Å².